The van der Waals surface area contributed by atoms with Gasteiger partial charge in [-0.05, 0) is 22.3 Å². The normalized spacial score (nSPS) is 10.7. The Labute approximate surface area is 117 Å². The van der Waals surface area contributed by atoms with E-state index in [2.05, 4.69) is 10.2 Å². The van der Waals surface area contributed by atoms with Crippen molar-refractivity contribution in [3.63, 3.8) is 0 Å². The van der Waals surface area contributed by atoms with Gasteiger partial charge in [0.25, 0.3) is 0 Å². The fraction of sp³-hybridized carbons (Fsp3) is 0.0667. The monoisotopic (exact) mass is 268 g/mol. The van der Waals surface area contributed by atoms with E-state index in [0.29, 0.717) is 0 Å². The average molecular weight is 268 g/mol. The second-order valence-electron chi connectivity index (χ2n) is 4.21. The summed E-state index contributed by atoms with van der Waals surface area (Å²) in [7, 11) is 0. The average Bonchev–Trinajstić information content (AvgIpc) is 2.47. The molecule has 2 aromatic carbocycles. The summed E-state index contributed by atoms with van der Waals surface area (Å²) in [6, 6.07) is 15.5. The fourth-order valence-corrected chi connectivity index (χ4v) is 1.85. The first-order valence-corrected chi connectivity index (χ1v) is 6.12. The Morgan fingerprint density at radius 3 is 2.40 bits per heavy atom. The van der Waals surface area contributed by atoms with Gasteiger partial charge >= 0.3 is 0 Å². The smallest absolute Gasteiger partial charge is 0.211 e. The Kier molecular flexibility index (Phi) is 4.47. The van der Waals surface area contributed by atoms with Crippen LogP contribution in [0.2, 0.25) is 0 Å². The highest BCUT2D eigenvalue weighted by Crippen LogP contribution is 2.23. The molecular weight excluding hydrogens is 252 g/mol. The van der Waals surface area contributed by atoms with Crippen LogP contribution in [0.15, 0.2) is 58.7 Å². The zero-order valence-corrected chi connectivity index (χ0v) is 10.9. The number of nitrogens with zero attached hydrogens (tertiary/aromatic N) is 2. The Morgan fingerprint density at radius 1 is 1.05 bits per heavy atom. The lowest BCUT2D eigenvalue weighted by Crippen LogP contribution is -2.21. The number of benzene rings is 2. The van der Waals surface area contributed by atoms with Crippen molar-refractivity contribution in [1.82, 2.24) is 0 Å². The van der Waals surface area contributed by atoms with E-state index >= 15 is 0 Å². The number of nitrogens with two attached hydrogens (primary N) is 2. The molecule has 0 radical (unpaired) electrons. The summed E-state index contributed by atoms with van der Waals surface area (Å²) in [5, 5.41) is 16.6. The van der Waals surface area contributed by atoms with Gasteiger partial charge in [-0.15, -0.1) is 5.10 Å². The van der Waals surface area contributed by atoms with Crippen molar-refractivity contribution in [2.75, 3.05) is 0 Å². The van der Waals surface area contributed by atoms with Crippen LogP contribution in [0.4, 0.5) is 0 Å². The van der Waals surface area contributed by atoms with Crippen LogP contribution in [-0.2, 0) is 6.61 Å². The summed E-state index contributed by atoms with van der Waals surface area (Å²) < 4.78 is 0. The highest BCUT2D eigenvalue weighted by molar-refractivity contribution is 5.82. The topological polar surface area (TPSA) is 97.0 Å². The van der Waals surface area contributed by atoms with E-state index in [0.717, 1.165) is 22.3 Å². The molecule has 0 aliphatic carbocycles. The SMILES string of the molecule is NC(N)=NN=Cc1ccc(-c2ccccc2CO)cc1. The number of hydrogen-bond acceptors (Lipinski definition) is 3. The minimum Gasteiger partial charge on any atom is -0.392 e. The maximum atomic E-state index is 9.34. The van der Waals surface area contributed by atoms with Crippen molar-refractivity contribution in [1.29, 1.82) is 0 Å². The van der Waals surface area contributed by atoms with E-state index in [1.807, 2.05) is 48.5 Å². The van der Waals surface area contributed by atoms with Gasteiger partial charge in [0.2, 0.25) is 5.96 Å². The molecule has 0 aliphatic rings. The van der Waals surface area contributed by atoms with Crippen molar-refractivity contribution < 1.29 is 5.11 Å². The van der Waals surface area contributed by atoms with Crippen LogP contribution in [0, 0.1) is 0 Å². The van der Waals surface area contributed by atoms with E-state index in [1.165, 1.54) is 0 Å². The van der Waals surface area contributed by atoms with Gasteiger partial charge in [-0.3, -0.25) is 0 Å². The molecule has 0 spiro atoms. The predicted molar refractivity (Wildman–Crippen MR) is 81.2 cm³/mol. The van der Waals surface area contributed by atoms with Crippen molar-refractivity contribution in [2.45, 2.75) is 6.61 Å². The summed E-state index contributed by atoms with van der Waals surface area (Å²) in [4.78, 5) is 0. The zero-order valence-electron chi connectivity index (χ0n) is 10.9. The number of rotatable bonds is 4. The Morgan fingerprint density at radius 2 is 1.75 bits per heavy atom. The maximum absolute atomic E-state index is 9.34. The highest BCUT2D eigenvalue weighted by Gasteiger charge is 2.02. The van der Waals surface area contributed by atoms with E-state index in [9.17, 15) is 5.11 Å². The lowest BCUT2D eigenvalue weighted by molar-refractivity contribution is 0.282. The first kappa shape index (κ1) is 13.8. The lowest BCUT2D eigenvalue weighted by Gasteiger charge is -2.07. The molecule has 20 heavy (non-hydrogen) atoms. The molecular formula is C15H16N4O. The summed E-state index contributed by atoms with van der Waals surface area (Å²) in [6.45, 7) is 0.0177. The summed E-state index contributed by atoms with van der Waals surface area (Å²) in [6.07, 6.45) is 1.57. The van der Waals surface area contributed by atoms with Crippen LogP contribution in [0.5, 0.6) is 0 Å². The highest BCUT2D eigenvalue weighted by atomic mass is 16.3. The largest absolute Gasteiger partial charge is 0.392 e. The molecule has 0 heterocycles. The standard InChI is InChI=1S/C15H16N4O/c16-15(17)19-18-9-11-5-7-12(8-6-11)14-4-2-1-3-13(14)10-20/h1-9,20H,10H2,(H4,16,17,19). The second kappa shape index (κ2) is 6.49. The Bertz CT molecular complexity index is 629. The molecule has 0 fully saturated rings. The Balaban J connectivity index is 2.24. The molecule has 0 saturated heterocycles. The first-order valence-electron chi connectivity index (χ1n) is 6.12. The maximum Gasteiger partial charge on any atom is 0.211 e. The van der Waals surface area contributed by atoms with Crippen LogP contribution in [-0.4, -0.2) is 17.3 Å². The molecule has 0 bridgehead atoms. The van der Waals surface area contributed by atoms with Gasteiger partial charge in [0.05, 0.1) is 12.8 Å². The number of aliphatic hydroxyl groups excluding tert-OH is 1. The van der Waals surface area contributed by atoms with E-state index in [1.54, 1.807) is 6.21 Å². The van der Waals surface area contributed by atoms with Gasteiger partial charge in [-0.1, -0.05) is 48.5 Å². The molecule has 5 N–H and O–H groups in total. The van der Waals surface area contributed by atoms with E-state index in [4.69, 9.17) is 11.5 Å². The molecule has 0 saturated carbocycles. The molecule has 0 aromatic heterocycles. The molecule has 0 unspecified atom stereocenters. The van der Waals surface area contributed by atoms with Crippen LogP contribution >= 0.6 is 0 Å². The fourth-order valence-electron chi connectivity index (χ4n) is 1.85. The van der Waals surface area contributed by atoms with Gasteiger partial charge in [0.15, 0.2) is 0 Å². The quantitative estimate of drug-likeness (QED) is 0.445. The Hall–Kier alpha value is -2.66. The molecule has 0 atom stereocenters. The van der Waals surface area contributed by atoms with Gasteiger partial charge in [-0.2, -0.15) is 5.10 Å². The third-order valence-corrected chi connectivity index (χ3v) is 2.79. The predicted octanol–water partition coefficient (Wildman–Crippen LogP) is 1.45. The molecule has 2 aromatic rings. The molecule has 2 rings (SSSR count). The summed E-state index contributed by atoms with van der Waals surface area (Å²) in [5.41, 5.74) is 14.2. The zero-order chi connectivity index (χ0) is 14.4. The summed E-state index contributed by atoms with van der Waals surface area (Å²) in [5.74, 6) is -0.0743. The van der Waals surface area contributed by atoms with Crippen molar-refractivity contribution in [2.24, 2.45) is 21.7 Å². The summed E-state index contributed by atoms with van der Waals surface area (Å²) >= 11 is 0. The van der Waals surface area contributed by atoms with Crippen LogP contribution in [0.25, 0.3) is 11.1 Å². The van der Waals surface area contributed by atoms with Crippen molar-refractivity contribution in [3.05, 3.63) is 59.7 Å². The molecule has 0 amide bonds. The minimum atomic E-state index is -0.0743. The van der Waals surface area contributed by atoms with Gasteiger partial charge in [-0.25, -0.2) is 0 Å². The van der Waals surface area contributed by atoms with Gasteiger partial charge < -0.3 is 16.6 Å². The van der Waals surface area contributed by atoms with E-state index < -0.39 is 0 Å². The third-order valence-electron chi connectivity index (χ3n) is 2.79. The minimum absolute atomic E-state index is 0.0177. The third kappa shape index (κ3) is 3.43. The van der Waals surface area contributed by atoms with Crippen molar-refractivity contribution >= 4 is 12.2 Å². The number of aliphatic hydroxyl groups is 1. The molecule has 102 valence electrons. The molecule has 0 aliphatic heterocycles. The van der Waals surface area contributed by atoms with Crippen LogP contribution < -0.4 is 11.5 Å². The molecule has 5 nitrogen and oxygen atoms in total. The van der Waals surface area contributed by atoms with Crippen LogP contribution in [0.1, 0.15) is 11.1 Å². The van der Waals surface area contributed by atoms with Crippen molar-refractivity contribution in [3.8, 4) is 11.1 Å². The first-order chi connectivity index (χ1) is 9.70. The number of hydrogen-bond donors (Lipinski definition) is 3. The van der Waals surface area contributed by atoms with E-state index in [-0.39, 0.29) is 12.6 Å². The lowest BCUT2D eigenvalue weighted by atomic mass is 9.99. The van der Waals surface area contributed by atoms with Gasteiger partial charge in [0.1, 0.15) is 0 Å². The van der Waals surface area contributed by atoms with Crippen LogP contribution in [0.3, 0.4) is 0 Å². The molecule has 5 heteroatoms. The van der Waals surface area contributed by atoms with Gasteiger partial charge in [0, 0.05) is 0 Å². The number of guanidine groups is 1. The second-order valence-corrected chi connectivity index (χ2v) is 4.21.